The maximum atomic E-state index is 13.9. The van der Waals surface area contributed by atoms with Gasteiger partial charge in [-0.25, -0.2) is 18.7 Å². The fourth-order valence-corrected chi connectivity index (χ4v) is 5.96. The first-order chi connectivity index (χ1) is 19.6. The lowest BCUT2D eigenvalue weighted by Gasteiger charge is -2.22. The van der Waals surface area contributed by atoms with Gasteiger partial charge in [0, 0.05) is 36.1 Å². The molecule has 42 heavy (non-hydrogen) atoms. The second kappa shape index (κ2) is 10.7. The number of hydrogen-bond acceptors (Lipinski definition) is 6. The van der Waals surface area contributed by atoms with Gasteiger partial charge in [0.15, 0.2) is 0 Å². The Balaban J connectivity index is 2.04. The molecular formula is C32H32Br2N2O6. The minimum atomic E-state index is -0.779. The molecule has 5 aromatic rings. The Kier molecular flexibility index (Phi) is 7.68. The lowest BCUT2D eigenvalue weighted by Crippen LogP contribution is -2.28. The van der Waals surface area contributed by atoms with Gasteiger partial charge in [-0.3, -0.25) is 4.79 Å². The summed E-state index contributed by atoms with van der Waals surface area (Å²) in [5.74, 6) is -0.490. The smallest absolute Gasteiger partial charge is 0.419 e. The Morgan fingerprint density at radius 3 is 1.50 bits per heavy atom. The quantitative estimate of drug-likeness (QED) is 0.138. The Morgan fingerprint density at radius 1 is 0.690 bits per heavy atom. The molecule has 3 aromatic carbocycles. The number of aromatic nitrogens is 2. The van der Waals surface area contributed by atoms with Crippen molar-refractivity contribution in [2.24, 2.45) is 0 Å². The van der Waals surface area contributed by atoms with Crippen LogP contribution >= 0.6 is 31.9 Å². The highest BCUT2D eigenvalue weighted by atomic mass is 79.9. The van der Waals surface area contributed by atoms with E-state index in [1.807, 2.05) is 42.5 Å². The fourth-order valence-electron chi connectivity index (χ4n) is 5.24. The monoisotopic (exact) mass is 698 g/mol. The molecule has 8 nitrogen and oxygen atoms in total. The van der Waals surface area contributed by atoms with Gasteiger partial charge in [-0.2, -0.15) is 0 Å². The van der Waals surface area contributed by atoms with Gasteiger partial charge in [-0.1, -0.05) is 31.9 Å². The summed E-state index contributed by atoms with van der Waals surface area (Å²) in [5, 5.41) is 3.02. The third kappa shape index (κ3) is 5.54. The summed E-state index contributed by atoms with van der Waals surface area (Å²) in [4.78, 5) is 40.9. The van der Waals surface area contributed by atoms with Crippen molar-refractivity contribution in [2.45, 2.75) is 66.1 Å². The number of fused-ring (bicyclic) bond motifs is 6. The molecule has 0 saturated heterocycles. The Morgan fingerprint density at radius 2 is 1.12 bits per heavy atom. The lowest BCUT2D eigenvalue weighted by molar-refractivity contribution is -0.142. The highest BCUT2D eigenvalue weighted by Crippen LogP contribution is 2.42. The average molecular weight is 700 g/mol. The van der Waals surface area contributed by atoms with Crippen LogP contribution in [0.15, 0.2) is 51.4 Å². The molecule has 0 N–H and O–H groups in total. The average Bonchev–Trinajstić information content (AvgIpc) is 3.34. The van der Waals surface area contributed by atoms with Crippen LogP contribution in [0.4, 0.5) is 9.59 Å². The molecule has 0 aliphatic carbocycles. The normalized spacial score (nSPS) is 12.4. The van der Waals surface area contributed by atoms with Crippen molar-refractivity contribution in [1.82, 2.24) is 9.13 Å². The van der Waals surface area contributed by atoms with Gasteiger partial charge in [-0.15, -0.1) is 0 Å². The summed E-state index contributed by atoms with van der Waals surface area (Å²) in [7, 11) is 0. The molecule has 0 fully saturated rings. The van der Waals surface area contributed by atoms with Crippen molar-refractivity contribution in [3.63, 3.8) is 0 Å². The van der Waals surface area contributed by atoms with E-state index >= 15 is 0 Å². The summed E-state index contributed by atoms with van der Waals surface area (Å²) < 4.78 is 21.7. The van der Waals surface area contributed by atoms with E-state index in [0.29, 0.717) is 27.6 Å². The van der Waals surface area contributed by atoms with Gasteiger partial charge >= 0.3 is 18.2 Å². The maximum absolute atomic E-state index is 13.9. The van der Waals surface area contributed by atoms with Crippen molar-refractivity contribution in [2.75, 3.05) is 6.61 Å². The summed E-state index contributed by atoms with van der Waals surface area (Å²) in [6, 6.07) is 13.2. The number of hydrogen-bond donors (Lipinski definition) is 0. The highest BCUT2D eigenvalue weighted by Gasteiger charge is 2.30. The molecule has 0 unspecified atom stereocenters. The van der Waals surface area contributed by atoms with Gasteiger partial charge in [0.1, 0.15) is 11.2 Å². The molecule has 0 bridgehead atoms. The van der Waals surface area contributed by atoms with Crippen LogP contribution in [0.25, 0.3) is 43.6 Å². The lowest BCUT2D eigenvalue weighted by atomic mass is 10.0. The molecule has 0 amide bonds. The van der Waals surface area contributed by atoms with Crippen LogP contribution in [0.2, 0.25) is 0 Å². The van der Waals surface area contributed by atoms with E-state index < -0.39 is 29.4 Å². The van der Waals surface area contributed by atoms with Gasteiger partial charge in [-0.05, 0) is 90.9 Å². The van der Waals surface area contributed by atoms with Gasteiger partial charge in [0.25, 0.3) is 0 Å². The van der Waals surface area contributed by atoms with Crippen molar-refractivity contribution in [1.29, 1.82) is 0 Å². The first-order valence-electron chi connectivity index (χ1n) is 13.6. The predicted octanol–water partition coefficient (Wildman–Crippen LogP) is 9.10. The fraction of sp³-hybridized carbons (Fsp3) is 0.344. The molecule has 5 rings (SSSR count). The summed E-state index contributed by atoms with van der Waals surface area (Å²) >= 11 is 7.14. The van der Waals surface area contributed by atoms with E-state index in [0.717, 1.165) is 30.5 Å². The number of esters is 1. The molecule has 2 heterocycles. The number of halogens is 2. The van der Waals surface area contributed by atoms with Crippen LogP contribution in [-0.4, -0.2) is 45.1 Å². The van der Waals surface area contributed by atoms with E-state index in [1.165, 1.54) is 9.13 Å². The molecule has 0 radical (unpaired) electrons. The maximum Gasteiger partial charge on any atom is 0.419 e. The zero-order chi connectivity index (χ0) is 30.7. The van der Waals surface area contributed by atoms with Crippen LogP contribution in [0.5, 0.6) is 0 Å². The Hall–Kier alpha value is -3.37. The van der Waals surface area contributed by atoms with Crippen LogP contribution in [0, 0.1) is 0 Å². The zero-order valence-electron chi connectivity index (χ0n) is 24.6. The van der Waals surface area contributed by atoms with Gasteiger partial charge < -0.3 is 14.2 Å². The third-order valence-electron chi connectivity index (χ3n) is 6.58. The van der Waals surface area contributed by atoms with E-state index in [2.05, 4.69) is 31.9 Å². The summed E-state index contributed by atoms with van der Waals surface area (Å²) in [6.07, 6.45) is -1.39. The minimum Gasteiger partial charge on any atom is -0.466 e. The van der Waals surface area contributed by atoms with Crippen LogP contribution in [0.1, 0.15) is 54.0 Å². The van der Waals surface area contributed by atoms with Gasteiger partial charge in [0.05, 0.1) is 35.1 Å². The molecule has 0 aliphatic heterocycles. The molecule has 0 saturated carbocycles. The number of nitrogens with zero attached hydrogens (tertiary/aromatic N) is 2. The van der Waals surface area contributed by atoms with Crippen molar-refractivity contribution < 1.29 is 28.6 Å². The largest absolute Gasteiger partial charge is 0.466 e. The second-order valence-electron chi connectivity index (χ2n) is 12.1. The number of carbonyl (C=O) groups excluding carboxylic acids is 3. The molecule has 0 atom stereocenters. The Labute approximate surface area is 260 Å². The van der Waals surface area contributed by atoms with E-state index in [1.54, 1.807) is 48.5 Å². The SMILES string of the molecule is CCOC(=O)Cc1c2c(cc3c4cc(Br)ccc4n(C(=O)OC(C)(C)C)c13)c1cc(Br)ccc1n2C(=O)OC(C)(C)C. The van der Waals surface area contributed by atoms with Crippen LogP contribution in [-0.2, 0) is 25.4 Å². The first kappa shape index (κ1) is 30.1. The van der Waals surface area contributed by atoms with Crippen LogP contribution < -0.4 is 0 Å². The number of benzene rings is 3. The minimum absolute atomic E-state index is 0.182. The molecule has 10 heteroatoms. The standard InChI is InChI=1S/C32H32Br2N2O6/c1-8-40-26(37)16-23-27-21(19-13-17(33)9-11-24(19)35(27)29(38)41-31(2,3)4)15-22-20-14-18(34)10-12-25(20)36(28(22)23)30(39)42-32(5,6)7/h9-15H,8,16H2,1-7H3. The molecule has 0 spiro atoms. The number of rotatable bonds is 3. The van der Waals surface area contributed by atoms with Crippen molar-refractivity contribution in [3.8, 4) is 0 Å². The zero-order valence-corrected chi connectivity index (χ0v) is 27.7. The van der Waals surface area contributed by atoms with Gasteiger partial charge in [0.2, 0.25) is 0 Å². The molecule has 0 aliphatic rings. The summed E-state index contributed by atoms with van der Waals surface area (Å²) in [6.45, 7) is 12.7. The number of carbonyl (C=O) groups is 3. The Bertz CT molecular complexity index is 1790. The number of ether oxygens (including phenoxy) is 3. The van der Waals surface area contributed by atoms with Crippen molar-refractivity contribution >= 4 is 93.6 Å². The topological polar surface area (TPSA) is 88.8 Å². The van der Waals surface area contributed by atoms with E-state index in [4.69, 9.17) is 14.2 Å². The predicted molar refractivity (Wildman–Crippen MR) is 171 cm³/mol. The van der Waals surface area contributed by atoms with E-state index in [-0.39, 0.29) is 13.0 Å². The first-order valence-corrected chi connectivity index (χ1v) is 15.2. The third-order valence-corrected chi connectivity index (χ3v) is 7.56. The molecule has 2 aromatic heterocycles. The van der Waals surface area contributed by atoms with Crippen molar-refractivity contribution in [3.05, 3.63) is 57.0 Å². The second-order valence-corrected chi connectivity index (χ2v) is 13.9. The van der Waals surface area contributed by atoms with Crippen LogP contribution in [0.3, 0.4) is 0 Å². The molecular weight excluding hydrogens is 668 g/mol. The molecule has 220 valence electrons. The van der Waals surface area contributed by atoms with E-state index in [9.17, 15) is 14.4 Å². The highest BCUT2D eigenvalue weighted by molar-refractivity contribution is 9.10. The summed E-state index contributed by atoms with van der Waals surface area (Å²) in [5.41, 5.74) is 1.03.